The molecule has 3 nitrogen and oxygen atoms in total. The summed E-state index contributed by atoms with van der Waals surface area (Å²) in [6.07, 6.45) is 17.7. The van der Waals surface area contributed by atoms with Crippen LogP contribution in [0.2, 0.25) is 0 Å². The van der Waals surface area contributed by atoms with Gasteiger partial charge in [-0.25, -0.2) is 0 Å². The molecule has 0 aliphatic carbocycles. The lowest BCUT2D eigenvalue weighted by molar-refractivity contribution is -0.137. The molecule has 0 aliphatic heterocycles. The van der Waals surface area contributed by atoms with E-state index < -0.39 is 5.97 Å². The van der Waals surface area contributed by atoms with Crippen molar-refractivity contribution in [2.24, 2.45) is 0 Å². The standard InChI is InChI=1S/C24H40O3/c1-21(22-18-15-16-19-23(22)25)17-13-11-9-7-5-3-2-4-6-8-10-12-14-20-24(26)27/h15-16,18-19,21,25H,2-14,17,20H2,1H3,(H,26,27). The molecule has 154 valence electrons. The smallest absolute Gasteiger partial charge is 0.303 e. The van der Waals surface area contributed by atoms with E-state index in [4.69, 9.17) is 5.11 Å². The topological polar surface area (TPSA) is 57.5 Å². The SMILES string of the molecule is CC(CCCCCCCCCCCCCCCC(=O)O)c1ccccc1O. The number of aromatic hydroxyl groups is 1. The molecule has 1 rings (SSSR count). The van der Waals surface area contributed by atoms with Crippen molar-refractivity contribution in [2.75, 3.05) is 0 Å². The normalized spacial score (nSPS) is 12.2. The monoisotopic (exact) mass is 376 g/mol. The fourth-order valence-corrected chi connectivity index (χ4v) is 3.73. The van der Waals surface area contributed by atoms with E-state index >= 15 is 0 Å². The molecular formula is C24H40O3. The molecule has 1 unspecified atom stereocenters. The minimum absolute atomic E-state index is 0.327. The average molecular weight is 377 g/mol. The van der Waals surface area contributed by atoms with Gasteiger partial charge >= 0.3 is 5.97 Å². The van der Waals surface area contributed by atoms with Crippen LogP contribution in [-0.2, 0) is 4.79 Å². The highest BCUT2D eigenvalue weighted by atomic mass is 16.4. The second kappa shape index (κ2) is 15.5. The summed E-state index contributed by atoms with van der Waals surface area (Å²) in [5.41, 5.74) is 1.08. The van der Waals surface area contributed by atoms with Crippen molar-refractivity contribution < 1.29 is 15.0 Å². The molecule has 0 heterocycles. The minimum atomic E-state index is -0.667. The number of aliphatic carboxylic acids is 1. The van der Waals surface area contributed by atoms with Crippen molar-refractivity contribution in [3.05, 3.63) is 29.8 Å². The zero-order chi connectivity index (χ0) is 19.7. The second-order valence-electron chi connectivity index (χ2n) is 7.99. The van der Waals surface area contributed by atoms with E-state index in [0.717, 1.165) is 24.8 Å². The minimum Gasteiger partial charge on any atom is -0.508 e. The number of para-hydroxylation sites is 1. The number of rotatable bonds is 17. The summed E-state index contributed by atoms with van der Waals surface area (Å²) < 4.78 is 0. The Morgan fingerprint density at radius 1 is 0.778 bits per heavy atom. The second-order valence-corrected chi connectivity index (χ2v) is 7.99. The number of phenols is 1. The maximum absolute atomic E-state index is 10.4. The fraction of sp³-hybridized carbons (Fsp3) is 0.708. The Hall–Kier alpha value is -1.51. The number of benzene rings is 1. The van der Waals surface area contributed by atoms with Crippen molar-refractivity contribution in [2.45, 2.75) is 109 Å². The molecule has 0 amide bonds. The first-order valence-corrected chi connectivity index (χ1v) is 11.1. The van der Waals surface area contributed by atoms with Gasteiger partial charge in [-0.3, -0.25) is 4.79 Å². The Bertz CT molecular complexity index is 498. The van der Waals surface area contributed by atoms with Crippen LogP contribution in [0.25, 0.3) is 0 Å². The van der Waals surface area contributed by atoms with Crippen LogP contribution in [-0.4, -0.2) is 16.2 Å². The molecule has 0 saturated carbocycles. The van der Waals surface area contributed by atoms with Gasteiger partial charge in [0.1, 0.15) is 5.75 Å². The number of hydrogen-bond donors (Lipinski definition) is 2. The van der Waals surface area contributed by atoms with Gasteiger partial charge in [0.15, 0.2) is 0 Å². The van der Waals surface area contributed by atoms with Crippen LogP contribution in [0.15, 0.2) is 24.3 Å². The first-order chi connectivity index (χ1) is 13.1. The molecule has 0 aliphatic rings. The summed E-state index contributed by atoms with van der Waals surface area (Å²) in [6, 6.07) is 7.71. The first-order valence-electron chi connectivity index (χ1n) is 11.1. The van der Waals surface area contributed by atoms with Gasteiger partial charge in [0.25, 0.3) is 0 Å². The highest BCUT2D eigenvalue weighted by Crippen LogP contribution is 2.29. The molecule has 1 atom stereocenters. The summed E-state index contributed by atoms with van der Waals surface area (Å²) in [4.78, 5) is 10.4. The van der Waals surface area contributed by atoms with Gasteiger partial charge in [-0.15, -0.1) is 0 Å². The molecular weight excluding hydrogens is 336 g/mol. The lowest BCUT2D eigenvalue weighted by Gasteiger charge is -2.13. The van der Waals surface area contributed by atoms with Gasteiger partial charge in [0, 0.05) is 6.42 Å². The third-order valence-corrected chi connectivity index (χ3v) is 5.50. The molecule has 0 aromatic heterocycles. The maximum Gasteiger partial charge on any atom is 0.303 e. The van der Waals surface area contributed by atoms with Crippen molar-refractivity contribution in [1.82, 2.24) is 0 Å². The van der Waals surface area contributed by atoms with E-state index in [1.165, 1.54) is 70.6 Å². The largest absolute Gasteiger partial charge is 0.508 e. The first kappa shape index (κ1) is 23.5. The molecule has 3 heteroatoms. The van der Waals surface area contributed by atoms with Crippen LogP contribution in [0.3, 0.4) is 0 Å². The number of carbonyl (C=O) groups is 1. The summed E-state index contributed by atoms with van der Waals surface area (Å²) in [7, 11) is 0. The van der Waals surface area contributed by atoms with E-state index in [9.17, 15) is 9.90 Å². The van der Waals surface area contributed by atoms with Crippen LogP contribution in [0, 0.1) is 0 Å². The number of carboxylic acid groups (broad SMARTS) is 1. The Labute approximate surface area is 166 Å². The lowest BCUT2D eigenvalue weighted by atomic mass is 9.94. The van der Waals surface area contributed by atoms with Gasteiger partial charge in [0.2, 0.25) is 0 Å². The Kier molecular flexibility index (Phi) is 13.5. The molecule has 0 saturated heterocycles. The Morgan fingerprint density at radius 2 is 1.22 bits per heavy atom. The number of phenolic OH excluding ortho intramolecular Hbond substituents is 1. The van der Waals surface area contributed by atoms with E-state index in [1.54, 1.807) is 6.07 Å². The summed E-state index contributed by atoms with van der Waals surface area (Å²) >= 11 is 0. The van der Waals surface area contributed by atoms with Crippen molar-refractivity contribution in [1.29, 1.82) is 0 Å². The molecule has 1 aromatic carbocycles. The van der Waals surface area contributed by atoms with Crippen LogP contribution < -0.4 is 0 Å². The number of carboxylic acids is 1. The number of hydrogen-bond acceptors (Lipinski definition) is 2. The van der Waals surface area contributed by atoms with Gasteiger partial charge in [-0.2, -0.15) is 0 Å². The Balaban J connectivity index is 1.83. The predicted molar refractivity (Wildman–Crippen MR) is 113 cm³/mol. The van der Waals surface area contributed by atoms with Crippen LogP contribution in [0.5, 0.6) is 5.75 Å². The summed E-state index contributed by atoms with van der Waals surface area (Å²) in [5, 5.41) is 18.5. The fourth-order valence-electron chi connectivity index (χ4n) is 3.73. The van der Waals surface area contributed by atoms with Gasteiger partial charge in [-0.1, -0.05) is 102 Å². The molecule has 0 bridgehead atoms. The van der Waals surface area contributed by atoms with Crippen LogP contribution in [0.1, 0.15) is 115 Å². The molecule has 0 spiro atoms. The predicted octanol–water partition coefficient (Wildman–Crippen LogP) is 7.43. The molecule has 27 heavy (non-hydrogen) atoms. The molecule has 2 N–H and O–H groups in total. The van der Waals surface area contributed by atoms with E-state index in [0.29, 0.717) is 18.1 Å². The van der Waals surface area contributed by atoms with Crippen molar-refractivity contribution >= 4 is 5.97 Å². The van der Waals surface area contributed by atoms with E-state index in [1.807, 2.05) is 18.2 Å². The quantitative estimate of drug-likeness (QED) is 0.278. The molecule has 1 aromatic rings. The maximum atomic E-state index is 10.4. The molecule has 0 fully saturated rings. The van der Waals surface area contributed by atoms with Gasteiger partial charge in [0.05, 0.1) is 0 Å². The van der Waals surface area contributed by atoms with Crippen LogP contribution in [0.4, 0.5) is 0 Å². The van der Waals surface area contributed by atoms with E-state index in [-0.39, 0.29) is 0 Å². The van der Waals surface area contributed by atoms with Gasteiger partial charge in [-0.05, 0) is 30.4 Å². The average Bonchev–Trinajstić information content (AvgIpc) is 2.64. The van der Waals surface area contributed by atoms with Crippen molar-refractivity contribution in [3.63, 3.8) is 0 Å². The summed E-state index contributed by atoms with van der Waals surface area (Å²) in [5.74, 6) is 0.209. The summed E-state index contributed by atoms with van der Waals surface area (Å²) in [6.45, 7) is 2.21. The third kappa shape index (κ3) is 12.5. The van der Waals surface area contributed by atoms with E-state index in [2.05, 4.69) is 6.92 Å². The zero-order valence-corrected chi connectivity index (χ0v) is 17.3. The Morgan fingerprint density at radius 3 is 1.70 bits per heavy atom. The highest BCUT2D eigenvalue weighted by molar-refractivity contribution is 5.66. The van der Waals surface area contributed by atoms with Gasteiger partial charge < -0.3 is 10.2 Å². The zero-order valence-electron chi connectivity index (χ0n) is 17.3. The third-order valence-electron chi connectivity index (χ3n) is 5.50. The molecule has 0 radical (unpaired) electrons. The number of unbranched alkanes of at least 4 members (excludes halogenated alkanes) is 12. The highest BCUT2D eigenvalue weighted by Gasteiger charge is 2.08. The van der Waals surface area contributed by atoms with Crippen molar-refractivity contribution in [3.8, 4) is 5.75 Å². The van der Waals surface area contributed by atoms with Crippen LogP contribution >= 0.6 is 0 Å². The lowest BCUT2D eigenvalue weighted by Crippen LogP contribution is -1.94.